The smallest absolute Gasteiger partial charge is 0.790 e. The maximum absolute atomic E-state index is 10.1. The first kappa shape index (κ1) is 46.6. The third kappa shape index (κ3) is 58.4. The van der Waals surface area contributed by atoms with Crippen molar-refractivity contribution in [2.75, 3.05) is 0 Å². The summed E-state index contributed by atoms with van der Waals surface area (Å²) in [4.78, 5) is 70.2. The molecule has 0 aromatic heterocycles. The Hall–Kier alpha value is 5.52. The average molecular weight is 466 g/mol. The fourth-order valence-electron chi connectivity index (χ4n) is 0.260. The first-order chi connectivity index (χ1) is 7.41. The molecule has 0 aromatic carbocycles. The molecule has 3 N–H and O–H groups in total. The predicted octanol–water partition coefficient (Wildman–Crippen LogP) is -19.8. The van der Waals surface area contributed by atoms with Gasteiger partial charge in [0.1, 0.15) is 0 Å². The molecule has 0 amide bonds. The van der Waals surface area contributed by atoms with Gasteiger partial charge in [-0.25, -0.2) is 4.57 Å². The van der Waals surface area contributed by atoms with E-state index >= 15 is 0 Å². The second-order valence-corrected chi connectivity index (χ2v) is 7.03. The van der Waals surface area contributed by atoms with Gasteiger partial charge in [0.15, 0.2) is 0 Å². The Labute approximate surface area is 240 Å². The molecule has 0 heterocycles. The van der Waals surface area contributed by atoms with Crippen molar-refractivity contribution in [3.05, 3.63) is 0 Å². The summed E-state index contributed by atoms with van der Waals surface area (Å²) in [5.74, 6) is 0. The van der Waals surface area contributed by atoms with Gasteiger partial charge in [-0.15, -0.1) is 0 Å². The maximum Gasteiger partial charge on any atom is 1.00 e. The topological polar surface area (TPSA) is 263 Å². The molecule has 0 aliphatic heterocycles. The maximum atomic E-state index is 10.1. The normalized spacial score (nSPS) is 10.8. The fraction of sp³-hybridized carbons (Fsp3) is 0. The molecule has 0 unspecified atom stereocenters. The van der Waals surface area contributed by atoms with E-state index in [-0.39, 0.29) is 148 Å². The fourth-order valence-corrected chi connectivity index (χ4v) is 2.61. The van der Waals surface area contributed by atoms with E-state index in [1.165, 1.54) is 0 Å². The minimum atomic E-state index is -5.97. The van der Waals surface area contributed by atoms with Crippen molar-refractivity contribution in [2.24, 2.45) is 0 Å². The average Bonchev–Trinajstić information content (AvgIpc) is 1.64. The van der Waals surface area contributed by atoms with Crippen molar-refractivity contribution in [3.8, 4) is 0 Å². The van der Waals surface area contributed by atoms with Crippen molar-refractivity contribution in [2.45, 2.75) is 0 Å². The Morgan fingerprint density at radius 2 is 0.696 bits per heavy atom. The number of phosphoric acid groups is 4. The summed E-state index contributed by atoms with van der Waals surface area (Å²) in [6.45, 7) is 0. The van der Waals surface area contributed by atoms with Crippen LogP contribution in [0.3, 0.4) is 0 Å². The van der Waals surface area contributed by atoms with E-state index in [9.17, 15) is 38.2 Å². The molecule has 14 nitrogen and oxygen atoms in total. The third-order valence-electron chi connectivity index (χ3n) is 0.400. The zero-order valence-electron chi connectivity index (χ0n) is 12.6. The van der Waals surface area contributed by atoms with E-state index < -0.39 is 31.3 Å². The molecule has 0 atom stereocenters. The van der Waals surface area contributed by atoms with Crippen molar-refractivity contribution < 1.29 is 214 Å². The molecule has 112 valence electrons. The Morgan fingerprint density at radius 3 is 0.783 bits per heavy atom. The van der Waals surface area contributed by atoms with Crippen LogP contribution >= 0.6 is 31.3 Å². The molecule has 23 heavy (non-hydrogen) atoms. The summed E-state index contributed by atoms with van der Waals surface area (Å²) in [7, 11) is -22.5. The molecule has 0 aliphatic carbocycles. The minimum Gasteiger partial charge on any atom is -0.790 e. The molecular formula is H3Na5O14P4. The van der Waals surface area contributed by atoms with Crippen molar-refractivity contribution >= 4 is 31.3 Å². The van der Waals surface area contributed by atoms with E-state index in [0.717, 1.165) is 0 Å². The first-order valence-corrected chi connectivity index (χ1v) is 8.92. The van der Waals surface area contributed by atoms with Gasteiger partial charge < -0.3 is 48.3 Å². The van der Waals surface area contributed by atoms with Gasteiger partial charge in [0.25, 0.3) is 7.82 Å². The molecule has 0 fully saturated rings. The molecule has 0 spiro atoms. The van der Waals surface area contributed by atoms with E-state index in [0.29, 0.717) is 0 Å². The summed E-state index contributed by atoms with van der Waals surface area (Å²) in [6.07, 6.45) is 0. The van der Waals surface area contributed by atoms with Crippen LogP contribution < -0.4 is 172 Å². The molecule has 0 aliphatic rings. The molecule has 0 aromatic rings. The van der Waals surface area contributed by atoms with Crippen LogP contribution in [0.1, 0.15) is 0 Å². The van der Waals surface area contributed by atoms with Crippen LogP contribution in [0.25, 0.3) is 0 Å². The van der Waals surface area contributed by atoms with Gasteiger partial charge in [0.05, 0.1) is 15.6 Å². The standard InChI is InChI=1S/5Na.H5O10P3.H3O4P/c;;;;;1-11(2,3)9-13(7,8)10-12(4,5)6;1-5(2,3)4/h;;;;;(H,7,8)(H2,1,2,3)(H2,4,5,6);(H3,1,2,3,4)/q5*+1;;/p-5. The SMILES string of the molecule is O=P(O)(O)O.O=P([O-])([O-])OP(=O)([O-])OP(=O)([O-])[O-].[Na+].[Na+].[Na+].[Na+].[Na+]. The third-order valence-corrected chi connectivity index (χ3v) is 3.60. The van der Waals surface area contributed by atoms with Gasteiger partial charge in [-0.1, -0.05) is 0 Å². The molecule has 0 radical (unpaired) electrons. The van der Waals surface area contributed by atoms with Crippen molar-refractivity contribution in [1.29, 1.82) is 0 Å². The Bertz CT molecular complexity index is 406. The Morgan fingerprint density at radius 1 is 0.565 bits per heavy atom. The summed E-state index contributed by atoms with van der Waals surface area (Å²) >= 11 is 0. The van der Waals surface area contributed by atoms with E-state index in [1.54, 1.807) is 0 Å². The van der Waals surface area contributed by atoms with Crippen molar-refractivity contribution in [1.82, 2.24) is 0 Å². The second-order valence-electron chi connectivity index (χ2n) is 2.02. The predicted molar refractivity (Wildman–Crippen MR) is 39.3 cm³/mol. The molecule has 0 saturated carbocycles. The van der Waals surface area contributed by atoms with Gasteiger partial charge in [0.2, 0.25) is 0 Å². The van der Waals surface area contributed by atoms with Crippen LogP contribution in [0.5, 0.6) is 0 Å². The van der Waals surface area contributed by atoms with Crippen LogP contribution in [0.2, 0.25) is 0 Å². The largest absolute Gasteiger partial charge is 1.00 e. The number of hydrogen-bond acceptors (Lipinski definition) is 11. The summed E-state index contributed by atoms with van der Waals surface area (Å²) < 4.78 is 43.6. The van der Waals surface area contributed by atoms with Gasteiger partial charge >= 0.3 is 156 Å². The van der Waals surface area contributed by atoms with E-state index in [4.69, 9.17) is 19.2 Å². The van der Waals surface area contributed by atoms with Gasteiger partial charge in [0, 0.05) is 0 Å². The summed E-state index contributed by atoms with van der Waals surface area (Å²) in [5, 5.41) is 0. The molecule has 0 saturated heterocycles. The number of rotatable bonds is 4. The number of hydrogen-bond donors (Lipinski definition) is 3. The monoisotopic (exact) mass is 466 g/mol. The zero-order valence-corrected chi connectivity index (χ0v) is 26.2. The van der Waals surface area contributed by atoms with E-state index in [2.05, 4.69) is 8.62 Å². The summed E-state index contributed by atoms with van der Waals surface area (Å²) in [5.41, 5.74) is 0. The Balaban J connectivity index is -0.0000000455. The summed E-state index contributed by atoms with van der Waals surface area (Å²) in [6, 6.07) is 0. The van der Waals surface area contributed by atoms with E-state index in [1.807, 2.05) is 0 Å². The van der Waals surface area contributed by atoms with Crippen LogP contribution in [0.15, 0.2) is 0 Å². The van der Waals surface area contributed by atoms with Gasteiger partial charge in [-0.05, 0) is 0 Å². The van der Waals surface area contributed by atoms with Gasteiger partial charge in [-0.2, -0.15) is 0 Å². The van der Waals surface area contributed by atoms with Crippen molar-refractivity contribution in [3.63, 3.8) is 0 Å². The van der Waals surface area contributed by atoms with Crippen LogP contribution in [0, 0.1) is 0 Å². The van der Waals surface area contributed by atoms with Gasteiger partial charge in [-0.3, -0.25) is 13.2 Å². The molecule has 0 rings (SSSR count). The second kappa shape index (κ2) is 19.5. The van der Waals surface area contributed by atoms with Crippen LogP contribution in [-0.2, 0) is 26.9 Å². The molecule has 23 heteroatoms. The minimum absolute atomic E-state index is 0. The first-order valence-electron chi connectivity index (χ1n) is 2.97. The Kier molecular flexibility index (Phi) is 39.5. The van der Waals surface area contributed by atoms with Crippen LogP contribution in [0.4, 0.5) is 0 Å². The van der Waals surface area contributed by atoms with Crippen LogP contribution in [-0.4, -0.2) is 14.7 Å². The molecular weight excluding hydrogens is 463 g/mol. The molecule has 0 bridgehead atoms. The quantitative estimate of drug-likeness (QED) is 0.257. The zero-order chi connectivity index (χ0) is 15.4.